The maximum Gasteiger partial charge on any atom is 0.416 e. The summed E-state index contributed by atoms with van der Waals surface area (Å²) in [4.78, 5) is 35.5. The number of carbonyl (C=O) groups is 2. The number of halogens is 8. The van der Waals surface area contributed by atoms with Gasteiger partial charge < -0.3 is 19.5 Å². The summed E-state index contributed by atoms with van der Waals surface area (Å²) >= 11 is 0. The Balaban J connectivity index is 1.58. The topological polar surface area (TPSA) is 105 Å². The summed E-state index contributed by atoms with van der Waals surface area (Å²) in [5, 5.41) is 9.16. The molecule has 48 heavy (non-hydrogen) atoms. The van der Waals surface area contributed by atoms with Crippen LogP contribution >= 0.6 is 0 Å². The van der Waals surface area contributed by atoms with Gasteiger partial charge in [-0.3, -0.25) is 9.69 Å². The van der Waals surface area contributed by atoms with Gasteiger partial charge in [-0.15, -0.1) is 0 Å². The van der Waals surface area contributed by atoms with E-state index >= 15 is 0 Å². The molecule has 0 radical (unpaired) electrons. The van der Waals surface area contributed by atoms with Crippen molar-refractivity contribution in [2.75, 3.05) is 25.1 Å². The fraction of sp³-hybridized carbons (Fsp3) is 0.419. The molecule has 5 rings (SSSR count). The highest BCUT2D eigenvalue weighted by atomic mass is 19.4. The van der Waals surface area contributed by atoms with E-state index < -0.39 is 78.8 Å². The number of carboxylic acid groups (broad SMARTS) is 1. The second-order valence-corrected chi connectivity index (χ2v) is 11.6. The Morgan fingerprint density at radius 3 is 2.21 bits per heavy atom. The highest BCUT2D eigenvalue weighted by molar-refractivity contribution is 5.77. The van der Waals surface area contributed by atoms with E-state index in [1.54, 1.807) is 25.1 Å². The smallest absolute Gasteiger partial charge is 0.416 e. The molecule has 2 fully saturated rings. The summed E-state index contributed by atoms with van der Waals surface area (Å²) in [7, 11) is 1.37. The lowest BCUT2D eigenvalue weighted by Crippen LogP contribution is -2.57. The molecule has 2 aliphatic rings. The second-order valence-electron chi connectivity index (χ2n) is 11.6. The van der Waals surface area contributed by atoms with Gasteiger partial charge in [0, 0.05) is 17.5 Å². The first-order valence-electron chi connectivity index (χ1n) is 14.4. The molecule has 0 aliphatic carbocycles. The molecule has 2 aliphatic heterocycles. The van der Waals surface area contributed by atoms with Gasteiger partial charge >= 0.3 is 24.4 Å². The molecule has 1 amide bonds. The number of aliphatic carboxylic acids is 1. The Morgan fingerprint density at radius 2 is 1.67 bits per heavy atom. The van der Waals surface area contributed by atoms with Crippen LogP contribution < -0.4 is 9.64 Å². The number of rotatable bonds is 9. The minimum absolute atomic E-state index is 0.0303. The van der Waals surface area contributed by atoms with Gasteiger partial charge in [-0.2, -0.15) is 26.3 Å². The highest BCUT2D eigenvalue weighted by Gasteiger charge is 2.46. The molecule has 2 saturated heterocycles. The average molecular weight is 689 g/mol. The summed E-state index contributed by atoms with van der Waals surface area (Å²) in [5.74, 6) is -3.83. The van der Waals surface area contributed by atoms with E-state index in [0.717, 1.165) is 4.90 Å². The van der Waals surface area contributed by atoms with Gasteiger partial charge in [0.2, 0.25) is 5.95 Å². The third kappa shape index (κ3) is 7.08. The molecular formula is C31H28F8N4O5. The van der Waals surface area contributed by atoms with E-state index in [0.29, 0.717) is 34.6 Å². The van der Waals surface area contributed by atoms with E-state index in [2.05, 4.69) is 9.97 Å². The largest absolute Gasteiger partial charge is 0.496 e. The Labute approximate surface area is 268 Å². The molecule has 1 aromatic heterocycles. The first-order chi connectivity index (χ1) is 22.3. The number of ether oxygens (including phenoxy) is 2. The maximum absolute atomic E-state index is 13.8. The van der Waals surface area contributed by atoms with Crippen molar-refractivity contribution in [1.82, 2.24) is 14.9 Å². The zero-order chi connectivity index (χ0) is 35.3. The van der Waals surface area contributed by atoms with Crippen LogP contribution in [0.2, 0.25) is 0 Å². The van der Waals surface area contributed by atoms with Crippen LogP contribution in [0.1, 0.15) is 53.1 Å². The molecule has 9 nitrogen and oxygen atoms in total. The van der Waals surface area contributed by atoms with E-state index in [1.165, 1.54) is 18.9 Å². The monoisotopic (exact) mass is 688 g/mol. The zero-order valence-electron chi connectivity index (χ0n) is 25.5. The van der Waals surface area contributed by atoms with Gasteiger partial charge in [0.1, 0.15) is 11.9 Å². The quantitative estimate of drug-likeness (QED) is 0.239. The molecule has 0 saturated carbocycles. The molecule has 258 valence electrons. The maximum atomic E-state index is 13.8. The first kappa shape index (κ1) is 34.6. The number of carbonyl (C=O) groups excluding carboxylic acids is 1. The second kappa shape index (κ2) is 12.4. The molecule has 17 heteroatoms. The molecule has 1 unspecified atom stereocenters. The SMILES string of the molecule is COc1ccc(CCC(=O)O)cc1-c1c(C)nc(N2CC(F)(F)C2)nc1CN1C(=O)OC(c2cc(C(F)(F)F)cc(C(F)(F)F)c2)[C@@H]1C. The van der Waals surface area contributed by atoms with E-state index in [-0.39, 0.29) is 36.2 Å². The van der Waals surface area contributed by atoms with Crippen molar-refractivity contribution < 1.29 is 59.3 Å². The number of aryl methyl sites for hydroxylation is 2. The minimum atomic E-state index is -5.13. The number of carboxylic acids is 1. The molecule has 1 N–H and O–H groups in total. The summed E-state index contributed by atoms with van der Waals surface area (Å²) in [5.41, 5.74) is -2.07. The van der Waals surface area contributed by atoms with Gasteiger partial charge in [0.05, 0.1) is 55.3 Å². The molecule has 2 atom stereocenters. The number of alkyl halides is 8. The van der Waals surface area contributed by atoms with Gasteiger partial charge in [0.25, 0.3) is 5.92 Å². The third-order valence-electron chi connectivity index (χ3n) is 8.09. The fourth-order valence-corrected chi connectivity index (χ4v) is 5.70. The summed E-state index contributed by atoms with van der Waals surface area (Å²) < 4.78 is 120. The number of anilines is 1. The Hall–Kier alpha value is -4.70. The number of aromatic nitrogens is 2. The number of amides is 1. The predicted octanol–water partition coefficient (Wildman–Crippen LogP) is 7.05. The van der Waals surface area contributed by atoms with Gasteiger partial charge in [-0.1, -0.05) is 6.07 Å². The number of methoxy groups -OCH3 is 1. The number of hydrogen-bond donors (Lipinski definition) is 1. The molecule has 3 heterocycles. The van der Waals surface area contributed by atoms with Crippen LogP contribution in [0.15, 0.2) is 36.4 Å². The molecule has 0 bridgehead atoms. The number of hydrogen-bond acceptors (Lipinski definition) is 7. The van der Waals surface area contributed by atoms with Crippen LogP contribution in [0, 0.1) is 6.92 Å². The molecule has 2 aromatic carbocycles. The minimum Gasteiger partial charge on any atom is -0.496 e. The van der Waals surface area contributed by atoms with Crippen molar-refractivity contribution in [1.29, 1.82) is 0 Å². The fourth-order valence-electron chi connectivity index (χ4n) is 5.70. The predicted molar refractivity (Wildman–Crippen MR) is 153 cm³/mol. The lowest BCUT2D eigenvalue weighted by Gasteiger charge is -2.39. The van der Waals surface area contributed by atoms with Crippen molar-refractivity contribution >= 4 is 18.0 Å². The zero-order valence-corrected chi connectivity index (χ0v) is 25.5. The van der Waals surface area contributed by atoms with Crippen LogP contribution in [0.5, 0.6) is 5.75 Å². The van der Waals surface area contributed by atoms with Crippen molar-refractivity contribution in [2.24, 2.45) is 0 Å². The van der Waals surface area contributed by atoms with Crippen LogP contribution in [0.25, 0.3) is 11.1 Å². The van der Waals surface area contributed by atoms with Gasteiger partial charge in [0.15, 0.2) is 0 Å². The van der Waals surface area contributed by atoms with Crippen molar-refractivity contribution in [2.45, 2.75) is 63.7 Å². The van der Waals surface area contributed by atoms with Crippen molar-refractivity contribution in [3.63, 3.8) is 0 Å². The van der Waals surface area contributed by atoms with Crippen LogP contribution in [-0.4, -0.2) is 64.2 Å². The highest BCUT2D eigenvalue weighted by Crippen LogP contribution is 2.43. The number of nitrogens with zero attached hydrogens (tertiary/aromatic N) is 4. The van der Waals surface area contributed by atoms with Crippen LogP contribution in [0.4, 0.5) is 45.9 Å². The Kier molecular flexibility index (Phi) is 8.94. The first-order valence-corrected chi connectivity index (χ1v) is 14.4. The van der Waals surface area contributed by atoms with Crippen LogP contribution in [0.3, 0.4) is 0 Å². The van der Waals surface area contributed by atoms with E-state index in [4.69, 9.17) is 14.6 Å². The standard InChI is InChI=1S/C31H28F8N4O5/c1-15-25(21-8-17(5-7-24(44)45)4-6-23(21)47-3)22(41-27(40-15)42-13-29(32,33)14-42)12-43-16(2)26(48-28(43)46)18-9-19(30(34,35)36)11-20(10-18)31(37,38)39/h4,6,8-11,16,26H,5,7,12-14H2,1-3H3,(H,44,45)/t16-,26?/m0/s1. The Morgan fingerprint density at radius 1 is 1.04 bits per heavy atom. The summed E-state index contributed by atoms with van der Waals surface area (Å²) in [6.45, 7) is 1.16. The van der Waals surface area contributed by atoms with Gasteiger partial charge in [-0.05, 0) is 61.7 Å². The number of benzene rings is 2. The normalized spacial score (nSPS) is 19.3. The van der Waals surface area contributed by atoms with Crippen molar-refractivity contribution in [3.05, 3.63) is 70.0 Å². The molecule has 0 spiro atoms. The molecular weight excluding hydrogens is 660 g/mol. The average Bonchev–Trinajstić information content (AvgIpc) is 3.25. The number of cyclic esters (lactones) is 1. The Bertz CT molecular complexity index is 1710. The third-order valence-corrected chi connectivity index (χ3v) is 8.09. The summed E-state index contributed by atoms with van der Waals surface area (Å²) in [6.07, 6.45) is -12.9. The van der Waals surface area contributed by atoms with Crippen molar-refractivity contribution in [3.8, 4) is 16.9 Å². The lowest BCUT2D eigenvalue weighted by atomic mass is 9.96. The van der Waals surface area contributed by atoms with E-state index in [1.807, 2.05) is 0 Å². The lowest BCUT2D eigenvalue weighted by molar-refractivity contribution is -0.143. The molecule has 3 aromatic rings. The van der Waals surface area contributed by atoms with E-state index in [9.17, 15) is 44.7 Å². The van der Waals surface area contributed by atoms with Crippen LogP contribution in [-0.2, 0) is 34.8 Å². The summed E-state index contributed by atoms with van der Waals surface area (Å²) in [6, 6.07) is 4.68. The van der Waals surface area contributed by atoms with Gasteiger partial charge in [-0.25, -0.2) is 23.5 Å².